The van der Waals surface area contributed by atoms with Crippen LogP contribution >= 0.6 is 0 Å². The Hall–Kier alpha value is -3.14. The molecule has 0 bridgehead atoms. The van der Waals surface area contributed by atoms with Crippen LogP contribution in [0.3, 0.4) is 0 Å². The highest BCUT2D eigenvalue weighted by Gasteiger charge is 2.00. The van der Waals surface area contributed by atoms with Crippen LogP contribution in [0.5, 0.6) is 5.75 Å². The van der Waals surface area contributed by atoms with E-state index in [1.165, 1.54) is 12.2 Å². The molecule has 0 unspecified atom stereocenters. The summed E-state index contributed by atoms with van der Waals surface area (Å²) in [6.07, 6.45) is 6.05. The highest BCUT2D eigenvalue weighted by molar-refractivity contribution is 5.95. The van der Waals surface area contributed by atoms with Gasteiger partial charge in [-0.2, -0.15) is 0 Å². The number of aromatic hydroxyl groups is 1. The van der Waals surface area contributed by atoms with Crippen LogP contribution in [0.25, 0.3) is 12.2 Å². The molecule has 0 aromatic heterocycles. The van der Waals surface area contributed by atoms with E-state index in [1.807, 2.05) is 0 Å². The van der Waals surface area contributed by atoms with Gasteiger partial charge in [-0.3, -0.25) is 4.79 Å². The third-order valence-corrected chi connectivity index (χ3v) is 3.13. The number of ketones is 1. The van der Waals surface area contributed by atoms with Gasteiger partial charge in [0.2, 0.25) is 0 Å². The van der Waals surface area contributed by atoms with Crippen molar-refractivity contribution in [3.05, 3.63) is 77.4 Å². The fraction of sp³-hybridized carbons (Fsp3) is 0.0526. The Bertz CT molecular complexity index is 738. The van der Waals surface area contributed by atoms with Crippen LogP contribution in [0.2, 0.25) is 0 Å². The minimum atomic E-state index is -0.997. The summed E-state index contributed by atoms with van der Waals surface area (Å²) < 4.78 is 0. The first-order valence-electron chi connectivity index (χ1n) is 7.03. The van der Waals surface area contributed by atoms with Crippen LogP contribution in [0.1, 0.15) is 16.7 Å². The summed E-state index contributed by atoms with van der Waals surface area (Å²) in [5.41, 5.74) is 2.46. The first-order chi connectivity index (χ1) is 11.0. The van der Waals surface area contributed by atoms with E-state index < -0.39 is 5.97 Å². The average Bonchev–Trinajstić information content (AvgIpc) is 2.53. The van der Waals surface area contributed by atoms with Crippen molar-refractivity contribution in [3.8, 4) is 5.75 Å². The molecule has 0 aliphatic heterocycles. The van der Waals surface area contributed by atoms with Gasteiger partial charge in [0.1, 0.15) is 5.75 Å². The minimum Gasteiger partial charge on any atom is -0.508 e. The SMILES string of the molecule is O=C(O)/C=C/c1ccc(CC(=O)/C=C/c2ccc(O)cc2)cc1. The first kappa shape index (κ1) is 16.2. The summed E-state index contributed by atoms with van der Waals surface area (Å²) in [5.74, 6) is -0.846. The van der Waals surface area contributed by atoms with Gasteiger partial charge in [-0.25, -0.2) is 4.79 Å². The number of carboxylic acid groups (broad SMARTS) is 1. The van der Waals surface area contributed by atoms with Crippen molar-refractivity contribution < 1.29 is 19.8 Å². The van der Waals surface area contributed by atoms with E-state index in [1.54, 1.807) is 54.6 Å². The van der Waals surface area contributed by atoms with E-state index in [0.29, 0.717) is 0 Å². The van der Waals surface area contributed by atoms with Gasteiger partial charge in [0, 0.05) is 12.5 Å². The normalized spacial score (nSPS) is 11.1. The van der Waals surface area contributed by atoms with Crippen LogP contribution in [-0.2, 0) is 16.0 Å². The van der Waals surface area contributed by atoms with E-state index in [9.17, 15) is 14.7 Å². The zero-order valence-corrected chi connectivity index (χ0v) is 12.3. The number of rotatable bonds is 6. The summed E-state index contributed by atoms with van der Waals surface area (Å²) in [4.78, 5) is 22.4. The molecular formula is C19H16O4. The second-order valence-electron chi connectivity index (χ2n) is 4.98. The summed E-state index contributed by atoms with van der Waals surface area (Å²) in [5, 5.41) is 17.8. The van der Waals surface area contributed by atoms with Crippen LogP contribution in [0.4, 0.5) is 0 Å². The lowest BCUT2D eigenvalue weighted by Gasteiger charge is -1.99. The van der Waals surface area contributed by atoms with Crippen LogP contribution in [0, 0.1) is 0 Å². The number of carbonyl (C=O) groups excluding carboxylic acids is 1. The lowest BCUT2D eigenvalue weighted by atomic mass is 10.1. The number of phenolic OH excluding ortho intramolecular Hbond substituents is 1. The first-order valence-corrected chi connectivity index (χ1v) is 7.03. The highest BCUT2D eigenvalue weighted by atomic mass is 16.4. The predicted molar refractivity (Wildman–Crippen MR) is 89.0 cm³/mol. The summed E-state index contributed by atoms with van der Waals surface area (Å²) in [7, 11) is 0. The van der Waals surface area contributed by atoms with Gasteiger partial charge >= 0.3 is 5.97 Å². The molecule has 4 nitrogen and oxygen atoms in total. The molecule has 4 heteroatoms. The molecule has 2 N–H and O–H groups in total. The monoisotopic (exact) mass is 308 g/mol. The molecule has 0 fully saturated rings. The quantitative estimate of drug-likeness (QED) is 0.803. The van der Waals surface area contributed by atoms with Crippen LogP contribution in [0.15, 0.2) is 60.7 Å². The lowest BCUT2D eigenvalue weighted by Crippen LogP contribution is -1.98. The number of carboxylic acids is 1. The van der Waals surface area contributed by atoms with Crippen molar-refractivity contribution in [2.75, 3.05) is 0 Å². The molecule has 0 saturated heterocycles. The van der Waals surface area contributed by atoms with Gasteiger partial charge in [-0.15, -0.1) is 0 Å². The molecule has 2 aromatic rings. The zero-order chi connectivity index (χ0) is 16.7. The molecule has 0 aliphatic carbocycles. The van der Waals surface area contributed by atoms with Crippen LogP contribution < -0.4 is 0 Å². The Balaban J connectivity index is 1.94. The van der Waals surface area contributed by atoms with Crippen molar-refractivity contribution in [1.29, 1.82) is 0 Å². The number of aliphatic carboxylic acids is 1. The fourth-order valence-corrected chi connectivity index (χ4v) is 1.95. The van der Waals surface area contributed by atoms with E-state index in [0.717, 1.165) is 22.8 Å². The Morgan fingerprint density at radius 1 is 0.826 bits per heavy atom. The van der Waals surface area contributed by atoms with Crippen molar-refractivity contribution in [3.63, 3.8) is 0 Å². The van der Waals surface area contributed by atoms with E-state index in [4.69, 9.17) is 5.11 Å². The molecule has 23 heavy (non-hydrogen) atoms. The van der Waals surface area contributed by atoms with Crippen molar-refractivity contribution in [2.24, 2.45) is 0 Å². The van der Waals surface area contributed by atoms with E-state index in [-0.39, 0.29) is 18.0 Å². The number of hydrogen-bond donors (Lipinski definition) is 2. The topological polar surface area (TPSA) is 74.6 Å². The molecule has 2 aromatic carbocycles. The maximum Gasteiger partial charge on any atom is 0.328 e. The fourth-order valence-electron chi connectivity index (χ4n) is 1.95. The standard InChI is InChI=1S/C19H16O4/c20-17-9-5-15(6-10-17)7-11-18(21)13-16-3-1-14(2-4-16)8-12-19(22)23/h1-12,20H,13H2,(H,22,23)/b11-7+,12-8+. The number of phenols is 1. The summed E-state index contributed by atoms with van der Waals surface area (Å²) in [6.45, 7) is 0. The highest BCUT2D eigenvalue weighted by Crippen LogP contribution is 2.11. The third-order valence-electron chi connectivity index (χ3n) is 3.13. The molecular weight excluding hydrogens is 292 g/mol. The van der Waals surface area contributed by atoms with E-state index in [2.05, 4.69) is 0 Å². The second-order valence-corrected chi connectivity index (χ2v) is 4.98. The number of allylic oxidation sites excluding steroid dienone is 1. The average molecular weight is 308 g/mol. The molecule has 0 heterocycles. The van der Waals surface area contributed by atoms with Crippen molar-refractivity contribution in [2.45, 2.75) is 6.42 Å². The van der Waals surface area contributed by atoms with Crippen molar-refractivity contribution >= 4 is 23.9 Å². The summed E-state index contributed by atoms with van der Waals surface area (Å²) >= 11 is 0. The number of carbonyl (C=O) groups is 2. The Morgan fingerprint density at radius 3 is 1.91 bits per heavy atom. The number of benzene rings is 2. The van der Waals surface area contributed by atoms with Gasteiger partial charge in [0.25, 0.3) is 0 Å². The Kier molecular flexibility index (Phi) is 5.47. The van der Waals surface area contributed by atoms with Gasteiger partial charge in [-0.1, -0.05) is 42.5 Å². The van der Waals surface area contributed by atoms with Gasteiger partial charge in [0.05, 0.1) is 0 Å². The predicted octanol–water partition coefficient (Wildman–Crippen LogP) is 3.32. The lowest BCUT2D eigenvalue weighted by molar-refractivity contribution is -0.131. The molecule has 116 valence electrons. The largest absolute Gasteiger partial charge is 0.508 e. The van der Waals surface area contributed by atoms with Crippen molar-refractivity contribution in [1.82, 2.24) is 0 Å². The molecule has 0 radical (unpaired) electrons. The molecule has 0 aliphatic rings. The smallest absolute Gasteiger partial charge is 0.328 e. The molecule has 0 amide bonds. The minimum absolute atomic E-state index is 0.0353. The zero-order valence-electron chi connectivity index (χ0n) is 12.3. The van der Waals surface area contributed by atoms with Gasteiger partial charge < -0.3 is 10.2 Å². The maximum atomic E-state index is 11.9. The second kappa shape index (κ2) is 7.75. The Morgan fingerprint density at radius 2 is 1.35 bits per heavy atom. The number of hydrogen-bond acceptors (Lipinski definition) is 3. The molecule has 2 rings (SSSR count). The third kappa shape index (κ3) is 5.63. The summed E-state index contributed by atoms with van der Waals surface area (Å²) in [6, 6.07) is 13.7. The molecule has 0 atom stereocenters. The maximum absolute atomic E-state index is 11.9. The van der Waals surface area contributed by atoms with Gasteiger partial charge in [-0.05, 0) is 41.0 Å². The molecule has 0 spiro atoms. The van der Waals surface area contributed by atoms with Gasteiger partial charge in [0.15, 0.2) is 5.78 Å². The molecule has 0 saturated carbocycles. The van der Waals surface area contributed by atoms with E-state index >= 15 is 0 Å². The Labute approximate surface area is 134 Å². The van der Waals surface area contributed by atoms with Crippen LogP contribution in [-0.4, -0.2) is 22.0 Å².